The van der Waals surface area contributed by atoms with Crippen LogP contribution in [0.2, 0.25) is 0 Å². The lowest BCUT2D eigenvalue weighted by molar-refractivity contribution is -0.714. The predicted octanol–water partition coefficient (Wildman–Crippen LogP) is 2.03. The summed E-state index contributed by atoms with van der Waals surface area (Å²) in [6.07, 6.45) is 5.04. The van der Waals surface area contributed by atoms with E-state index in [0.29, 0.717) is 23.2 Å². The fourth-order valence-corrected chi connectivity index (χ4v) is 3.01. The topological polar surface area (TPSA) is 69.5 Å². The van der Waals surface area contributed by atoms with Crippen molar-refractivity contribution in [3.8, 4) is 6.07 Å². The second-order valence-electron chi connectivity index (χ2n) is 6.09. The van der Waals surface area contributed by atoms with Crippen LogP contribution in [0.1, 0.15) is 45.1 Å². The molecule has 0 spiro atoms. The summed E-state index contributed by atoms with van der Waals surface area (Å²) in [5, 5.41) is 14.0. The van der Waals surface area contributed by atoms with Gasteiger partial charge in [0.1, 0.15) is 0 Å². The third-order valence-corrected chi connectivity index (χ3v) is 4.39. The van der Waals surface area contributed by atoms with Crippen molar-refractivity contribution in [3.05, 3.63) is 29.8 Å². The fourth-order valence-electron chi connectivity index (χ4n) is 3.01. The van der Waals surface area contributed by atoms with E-state index in [-0.39, 0.29) is 11.9 Å². The van der Waals surface area contributed by atoms with Crippen LogP contribution in [-0.4, -0.2) is 18.0 Å². The third kappa shape index (κ3) is 4.30. The van der Waals surface area contributed by atoms with Crippen LogP contribution in [0.4, 0.5) is 5.69 Å². The third-order valence-electron chi connectivity index (χ3n) is 4.39. The van der Waals surface area contributed by atoms with Gasteiger partial charge in [0.25, 0.3) is 5.91 Å². The first-order chi connectivity index (χ1) is 10.1. The van der Waals surface area contributed by atoms with Gasteiger partial charge in [-0.05, 0) is 44.4 Å². The average Bonchev–Trinajstić information content (AvgIpc) is 2.49. The van der Waals surface area contributed by atoms with E-state index in [9.17, 15) is 4.79 Å². The zero-order chi connectivity index (χ0) is 15.2. The van der Waals surface area contributed by atoms with Crippen LogP contribution in [0.5, 0.6) is 0 Å². The van der Waals surface area contributed by atoms with Crippen molar-refractivity contribution in [3.63, 3.8) is 0 Å². The number of carbonyl (C=O) groups is 1. The molecule has 0 unspecified atom stereocenters. The van der Waals surface area contributed by atoms with Gasteiger partial charge < -0.3 is 10.6 Å². The lowest BCUT2D eigenvalue weighted by Gasteiger charge is -2.28. The number of anilines is 1. The number of amides is 1. The molecule has 0 bridgehead atoms. The molecule has 0 heterocycles. The Morgan fingerprint density at radius 2 is 2.19 bits per heavy atom. The van der Waals surface area contributed by atoms with E-state index >= 15 is 0 Å². The van der Waals surface area contributed by atoms with Crippen LogP contribution in [0.3, 0.4) is 0 Å². The number of rotatable bonds is 4. The molecule has 1 aromatic carbocycles. The summed E-state index contributed by atoms with van der Waals surface area (Å²) >= 11 is 0. The summed E-state index contributed by atoms with van der Waals surface area (Å²) in [7, 11) is 0. The minimum atomic E-state index is -0.110. The number of quaternary nitrogens is 1. The van der Waals surface area contributed by atoms with Gasteiger partial charge in [0.05, 0.1) is 17.7 Å². The Hall–Kier alpha value is -1.86. The van der Waals surface area contributed by atoms with Gasteiger partial charge in [0, 0.05) is 11.6 Å². The Bertz CT molecular complexity index is 535. The molecule has 4 nitrogen and oxygen atoms in total. The van der Waals surface area contributed by atoms with Gasteiger partial charge in [0.15, 0.2) is 6.04 Å². The number of benzene rings is 1. The SMILES string of the molecule is C[C@H]([NH2+][C@@H]1CCCC[C@@H]1C)C(=O)Nc1cccc(C#N)c1. The summed E-state index contributed by atoms with van der Waals surface area (Å²) < 4.78 is 0. The average molecular weight is 286 g/mol. The van der Waals surface area contributed by atoms with Gasteiger partial charge in [0.2, 0.25) is 0 Å². The molecule has 2 rings (SSSR count). The molecular weight excluding hydrogens is 262 g/mol. The first-order valence-corrected chi connectivity index (χ1v) is 7.76. The number of hydrogen-bond acceptors (Lipinski definition) is 2. The minimum absolute atomic E-state index is 0.00265. The van der Waals surface area contributed by atoms with Gasteiger partial charge in [-0.25, -0.2) is 0 Å². The number of hydrogen-bond donors (Lipinski definition) is 2. The second kappa shape index (κ2) is 7.24. The summed E-state index contributed by atoms with van der Waals surface area (Å²) in [6, 6.07) is 9.55. The summed E-state index contributed by atoms with van der Waals surface area (Å²) in [5.41, 5.74) is 1.25. The monoisotopic (exact) mass is 286 g/mol. The number of nitrogens with one attached hydrogen (secondary N) is 1. The number of nitrogens with two attached hydrogens (primary N) is 1. The van der Waals surface area contributed by atoms with Crippen molar-refractivity contribution >= 4 is 11.6 Å². The van der Waals surface area contributed by atoms with Crippen molar-refractivity contribution in [1.82, 2.24) is 0 Å². The molecule has 21 heavy (non-hydrogen) atoms. The number of nitriles is 1. The van der Waals surface area contributed by atoms with E-state index in [0.717, 1.165) is 0 Å². The smallest absolute Gasteiger partial charge is 0.282 e. The molecule has 3 atom stereocenters. The highest BCUT2D eigenvalue weighted by molar-refractivity contribution is 5.93. The number of nitrogens with zero attached hydrogens (tertiary/aromatic N) is 1. The van der Waals surface area contributed by atoms with Crippen LogP contribution in [0.25, 0.3) is 0 Å². The van der Waals surface area contributed by atoms with Crippen molar-refractivity contribution in [1.29, 1.82) is 5.26 Å². The molecule has 0 aliphatic heterocycles. The van der Waals surface area contributed by atoms with Crippen molar-refractivity contribution in [2.45, 2.75) is 51.6 Å². The quantitative estimate of drug-likeness (QED) is 0.889. The normalized spacial score (nSPS) is 23.1. The summed E-state index contributed by atoms with van der Waals surface area (Å²) in [6.45, 7) is 4.23. The van der Waals surface area contributed by atoms with Crippen molar-refractivity contribution < 1.29 is 10.1 Å². The van der Waals surface area contributed by atoms with Gasteiger partial charge in [-0.2, -0.15) is 5.26 Å². The maximum Gasteiger partial charge on any atom is 0.282 e. The molecule has 1 aliphatic rings. The van der Waals surface area contributed by atoms with Crippen LogP contribution in [0.15, 0.2) is 24.3 Å². The summed E-state index contributed by atoms with van der Waals surface area (Å²) in [4.78, 5) is 12.3. The summed E-state index contributed by atoms with van der Waals surface area (Å²) in [5.74, 6) is 0.679. The highest BCUT2D eigenvalue weighted by Gasteiger charge is 2.28. The fraction of sp³-hybridized carbons (Fsp3) is 0.529. The molecule has 0 saturated heterocycles. The zero-order valence-electron chi connectivity index (χ0n) is 12.8. The van der Waals surface area contributed by atoms with Crippen LogP contribution < -0.4 is 10.6 Å². The molecule has 1 aromatic rings. The molecule has 4 heteroatoms. The van der Waals surface area contributed by atoms with E-state index in [2.05, 4.69) is 23.6 Å². The lowest BCUT2D eigenvalue weighted by atomic mass is 9.85. The Labute approximate surface area is 126 Å². The molecular formula is C17H24N3O+. The van der Waals surface area contributed by atoms with Gasteiger partial charge in [-0.1, -0.05) is 19.4 Å². The molecule has 1 fully saturated rings. The molecule has 112 valence electrons. The largest absolute Gasteiger partial charge is 0.334 e. The van der Waals surface area contributed by atoms with E-state index in [1.807, 2.05) is 13.0 Å². The van der Waals surface area contributed by atoms with E-state index < -0.39 is 0 Å². The maximum absolute atomic E-state index is 12.3. The molecule has 1 aliphatic carbocycles. The highest BCUT2D eigenvalue weighted by atomic mass is 16.2. The van der Waals surface area contributed by atoms with Crippen molar-refractivity contribution in [2.75, 3.05) is 5.32 Å². The van der Waals surface area contributed by atoms with Crippen LogP contribution >= 0.6 is 0 Å². The van der Waals surface area contributed by atoms with E-state index in [1.54, 1.807) is 18.2 Å². The molecule has 0 radical (unpaired) electrons. The zero-order valence-corrected chi connectivity index (χ0v) is 12.8. The van der Waals surface area contributed by atoms with E-state index in [1.165, 1.54) is 25.7 Å². The van der Waals surface area contributed by atoms with Gasteiger partial charge in [-0.15, -0.1) is 0 Å². The molecule has 0 aromatic heterocycles. The van der Waals surface area contributed by atoms with Crippen molar-refractivity contribution in [2.24, 2.45) is 5.92 Å². The first kappa shape index (κ1) is 15.5. The lowest BCUT2D eigenvalue weighted by Crippen LogP contribution is -2.97. The maximum atomic E-state index is 12.3. The molecule has 1 amide bonds. The van der Waals surface area contributed by atoms with Crippen LogP contribution in [0, 0.1) is 17.2 Å². The molecule has 3 N–H and O–H groups in total. The number of carbonyl (C=O) groups excluding carboxylic acids is 1. The van der Waals surface area contributed by atoms with Gasteiger partial charge >= 0.3 is 0 Å². The Morgan fingerprint density at radius 3 is 2.90 bits per heavy atom. The Kier molecular flexibility index (Phi) is 5.35. The second-order valence-corrected chi connectivity index (χ2v) is 6.09. The Morgan fingerprint density at radius 1 is 1.43 bits per heavy atom. The first-order valence-electron chi connectivity index (χ1n) is 7.76. The predicted molar refractivity (Wildman–Crippen MR) is 82.6 cm³/mol. The standard InChI is InChI=1S/C17H23N3O/c1-12-6-3-4-9-16(12)19-13(2)17(21)20-15-8-5-7-14(10-15)11-18/h5,7-8,10,12-13,16,19H,3-4,6,9H2,1-2H3,(H,20,21)/p+1/t12-,13-,16+/m0/s1. The Balaban J connectivity index is 1.91. The molecule has 1 saturated carbocycles. The highest BCUT2D eigenvalue weighted by Crippen LogP contribution is 2.21. The minimum Gasteiger partial charge on any atom is -0.334 e. The van der Waals surface area contributed by atoms with Gasteiger partial charge in [-0.3, -0.25) is 4.79 Å². The van der Waals surface area contributed by atoms with Crippen LogP contribution in [-0.2, 0) is 4.79 Å². The van der Waals surface area contributed by atoms with E-state index in [4.69, 9.17) is 5.26 Å².